The molecule has 0 saturated carbocycles. The van der Waals surface area contributed by atoms with E-state index >= 15 is 0 Å². The van der Waals surface area contributed by atoms with Crippen LogP contribution in [0.3, 0.4) is 0 Å². The normalized spacial score (nSPS) is 50.5. The molecular weight excluding hydrogens is 164 g/mol. The summed E-state index contributed by atoms with van der Waals surface area (Å²) in [6.45, 7) is 9.28. The lowest BCUT2D eigenvalue weighted by atomic mass is 10.1. The van der Waals surface area contributed by atoms with Crippen LogP contribution in [0.2, 0.25) is 0 Å². The smallest absolute Gasteiger partial charge is 0.0825 e. The topological polar surface area (TPSA) is 15.7 Å². The largest absolute Gasteiger partial charge is 0.379 e. The van der Waals surface area contributed by atoms with Gasteiger partial charge >= 0.3 is 0 Å². The van der Waals surface area contributed by atoms with Gasteiger partial charge in [-0.25, -0.2) is 0 Å². The lowest BCUT2D eigenvalue weighted by Crippen LogP contribution is -2.53. The summed E-state index contributed by atoms with van der Waals surface area (Å²) >= 11 is 0. The molecule has 3 aliphatic rings. The van der Waals surface area contributed by atoms with E-state index in [1.807, 2.05) is 7.11 Å². The Bertz CT molecular complexity index is 174. The molecule has 3 rings (SSSR count). The average molecular weight is 184 g/mol. The van der Waals surface area contributed by atoms with Crippen LogP contribution in [-0.4, -0.2) is 61.3 Å². The molecular formula is C10H20N2O. The molecule has 0 aliphatic carbocycles. The fraction of sp³-hybridized carbons (Fsp3) is 1.00. The highest BCUT2D eigenvalue weighted by Gasteiger charge is 2.35. The molecule has 0 amide bonds. The summed E-state index contributed by atoms with van der Waals surface area (Å²) in [7, 11) is 1.83. The Morgan fingerprint density at radius 1 is 1.00 bits per heavy atom. The van der Waals surface area contributed by atoms with E-state index in [1.54, 1.807) is 0 Å². The monoisotopic (exact) mass is 184 g/mol. The van der Waals surface area contributed by atoms with Crippen molar-refractivity contribution in [1.82, 2.24) is 9.80 Å². The molecule has 0 aromatic rings. The van der Waals surface area contributed by atoms with Crippen LogP contribution in [0.4, 0.5) is 0 Å². The van der Waals surface area contributed by atoms with Crippen LogP contribution >= 0.6 is 0 Å². The zero-order valence-electron chi connectivity index (χ0n) is 8.86. The van der Waals surface area contributed by atoms with Gasteiger partial charge in [0.15, 0.2) is 0 Å². The van der Waals surface area contributed by atoms with Gasteiger partial charge < -0.3 is 4.74 Å². The maximum atomic E-state index is 5.47. The third kappa shape index (κ3) is 1.73. The molecule has 3 heteroatoms. The summed E-state index contributed by atoms with van der Waals surface area (Å²) in [4.78, 5) is 5.12. The van der Waals surface area contributed by atoms with E-state index in [2.05, 4.69) is 23.6 Å². The van der Waals surface area contributed by atoms with Crippen molar-refractivity contribution in [3.05, 3.63) is 0 Å². The van der Waals surface area contributed by atoms with Crippen LogP contribution in [0, 0.1) is 0 Å². The van der Waals surface area contributed by atoms with Gasteiger partial charge in [0.05, 0.1) is 6.10 Å². The fourth-order valence-electron chi connectivity index (χ4n) is 2.70. The number of nitrogens with zero attached hydrogens (tertiary/aromatic N) is 2. The minimum absolute atomic E-state index is 0.412. The van der Waals surface area contributed by atoms with Crippen molar-refractivity contribution in [3.8, 4) is 0 Å². The summed E-state index contributed by atoms with van der Waals surface area (Å²) in [6.07, 6.45) is 0.412. The van der Waals surface area contributed by atoms with Gasteiger partial charge in [-0.15, -0.1) is 0 Å². The van der Waals surface area contributed by atoms with Crippen molar-refractivity contribution in [2.24, 2.45) is 0 Å². The van der Waals surface area contributed by atoms with Crippen molar-refractivity contribution in [2.75, 3.05) is 33.3 Å². The van der Waals surface area contributed by atoms with E-state index in [0.29, 0.717) is 18.2 Å². The number of hydrogen-bond acceptors (Lipinski definition) is 3. The molecule has 3 fully saturated rings. The summed E-state index contributed by atoms with van der Waals surface area (Å²) in [5, 5.41) is 0. The van der Waals surface area contributed by atoms with E-state index in [0.717, 1.165) is 13.1 Å². The number of fused-ring (bicyclic) bond motifs is 4. The molecule has 76 valence electrons. The Balaban J connectivity index is 2.12. The molecule has 13 heavy (non-hydrogen) atoms. The van der Waals surface area contributed by atoms with E-state index < -0.39 is 0 Å². The Kier molecular flexibility index (Phi) is 2.58. The number of rotatable bonds is 1. The molecule has 0 N–H and O–H groups in total. The van der Waals surface area contributed by atoms with Crippen LogP contribution in [0.25, 0.3) is 0 Å². The van der Waals surface area contributed by atoms with Crippen LogP contribution in [0.15, 0.2) is 0 Å². The molecule has 2 bridgehead atoms. The number of methoxy groups -OCH3 is 1. The summed E-state index contributed by atoms with van der Waals surface area (Å²) in [5.41, 5.74) is 0. The Labute approximate surface area is 80.6 Å². The van der Waals surface area contributed by atoms with Gasteiger partial charge in [0.2, 0.25) is 0 Å². The van der Waals surface area contributed by atoms with E-state index in [9.17, 15) is 0 Å². The molecule has 0 spiro atoms. The van der Waals surface area contributed by atoms with Gasteiger partial charge in [-0.2, -0.15) is 0 Å². The van der Waals surface area contributed by atoms with Gasteiger partial charge in [-0.1, -0.05) is 0 Å². The standard InChI is InChI=1S/C10H20N2O/c1-8-4-11-5-9(2)12(8)7-10(6-11)13-3/h8-10H,4-7H2,1-3H3. The quantitative estimate of drug-likeness (QED) is 0.587. The Morgan fingerprint density at radius 3 is 2.15 bits per heavy atom. The third-order valence-electron chi connectivity index (χ3n) is 3.39. The predicted molar refractivity (Wildman–Crippen MR) is 52.9 cm³/mol. The minimum Gasteiger partial charge on any atom is -0.379 e. The van der Waals surface area contributed by atoms with Crippen molar-refractivity contribution in [1.29, 1.82) is 0 Å². The van der Waals surface area contributed by atoms with Crippen molar-refractivity contribution in [2.45, 2.75) is 32.0 Å². The molecule has 0 aromatic carbocycles. The van der Waals surface area contributed by atoms with Crippen molar-refractivity contribution in [3.63, 3.8) is 0 Å². The molecule has 3 unspecified atom stereocenters. The zero-order valence-corrected chi connectivity index (χ0v) is 8.86. The highest BCUT2D eigenvalue weighted by Crippen LogP contribution is 2.21. The van der Waals surface area contributed by atoms with Gasteiger partial charge in [0.1, 0.15) is 0 Å². The number of ether oxygens (including phenoxy) is 1. The lowest BCUT2D eigenvalue weighted by molar-refractivity contribution is 0.0588. The number of piperazine rings is 1. The average Bonchev–Trinajstić information content (AvgIpc) is 2.32. The third-order valence-corrected chi connectivity index (χ3v) is 3.39. The van der Waals surface area contributed by atoms with Crippen molar-refractivity contribution < 1.29 is 4.74 Å². The highest BCUT2D eigenvalue weighted by molar-refractivity contribution is 4.91. The molecule has 3 atom stereocenters. The molecule has 3 heterocycles. The van der Waals surface area contributed by atoms with Crippen LogP contribution in [0.5, 0.6) is 0 Å². The molecule has 3 nitrogen and oxygen atoms in total. The second-order valence-electron chi connectivity index (χ2n) is 4.47. The van der Waals surface area contributed by atoms with Gasteiger partial charge in [0.25, 0.3) is 0 Å². The van der Waals surface area contributed by atoms with Crippen molar-refractivity contribution >= 4 is 0 Å². The molecule has 0 radical (unpaired) electrons. The lowest BCUT2D eigenvalue weighted by Gasteiger charge is -2.40. The van der Waals surface area contributed by atoms with Crippen LogP contribution in [-0.2, 0) is 4.74 Å². The second kappa shape index (κ2) is 3.56. The summed E-state index contributed by atoms with van der Waals surface area (Å²) < 4.78 is 5.47. The molecule has 3 aliphatic heterocycles. The predicted octanol–water partition coefficient (Wildman–Crippen LogP) is 0.410. The zero-order chi connectivity index (χ0) is 9.42. The van der Waals surface area contributed by atoms with Gasteiger partial charge in [0, 0.05) is 45.4 Å². The van der Waals surface area contributed by atoms with E-state index in [-0.39, 0.29) is 0 Å². The van der Waals surface area contributed by atoms with E-state index in [1.165, 1.54) is 13.1 Å². The fourth-order valence-corrected chi connectivity index (χ4v) is 2.70. The first kappa shape index (κ1) is 9.44. The molecule has 0 aromatic heterocycles. The van der Waals surface area contributed by atoms with E-state index in [4.69, 9.17) is 4.74 Å². The van der Waals surface area contributed by atoms with Gasteiger partial charge in [-0.05, 0) is 13.8 Å². The van der Waals surface area contributed by atoms with Gasteiger partial charge in [-0.3, -0.25) is 9.80 Å². The van der Waals surface area contributed by atoms with Crippen LogP contribution in [0.1, 0.15) is 13.8 Å². The molecule has 3 saturated heterocycles. The Morgan fingerprint density at radius 2 is 1.62 bits per heavy atom. The second-order valence-corrected chi connectivity index (χ2v) is 4.47. The minimum atomic E-state index is 0.412. The number of hydrogen-bond donors (Lipinski definition) is 0. The SMILES string of the molecule is COC1CN2CC(C)N(C1)C(C)C2. The van der Waals surface area contributed by atoms with Crippen LogP contribution < -0.4 is 0 Å². The Hall–Kier alpha value is -0.120. The summed E-state index contributed by atoms with van der Waals surface area (Å²) in [6, 6.07) is 1.40. The first-order valence-corrected chi connectivity index (χ1v) is 5.21. The first-order chi connectivity index (χ1) is 6.20. The first-order valence-electron chi connectivity index (χ1n) is 5.21. The highest BCUT2D eigenvalue weighted by atomic mass is 16.5. The maximum Gasteiger partial charge on any atom is 0.0825 e. The maximum absolute atomic E-state index is 5.47. The summed E-state index contributed by atoms with van der Waals surface area (Å²) in [5.74, 6) is 0.